The van der Waals surface area contributed by atoms with Crippen LogP contribution in [0.4, 0.5) is 5.69 Å². The predicted octanol–water partition coefficient (Wildman–Crippen LogP) is 4.23. The molecule has 0 radical (unpaired) electrons. The van der Waals surface area contributed by atoms with Gasteiger partial charge in [0.2, 0.25) is 5.91 Å². The number of allylic oxidation sites excluding steroid dienone is 1. The molecule has 4 nitrogen and oxygen atoms in total. The normalized spacial score (nSPS) is 20.3. The van der Waals surface area contributed by atoms with E-state index in [1.54, 1.807) is 6.92 Å². The lowest BCUT2D eigenvalue weighted by atomic mass is 9.80. The van der Waals surface area contributed by atoms with Gasteiger partial charge < -0.3 is 5.32 Å². The first kappa shape index (κ1) is 16.5. The second kappa shape index (κ2) is 7.04. The number of hydrogen-bond donors (Lipinski definition) is 2. The van der Waals surface area contributed by atoms with E-state index in [2.05, 4.69) is 29.0 Å². The minimum atomic E-state index is -0.533. The first-order chi connectivity index (χ1) is 11.6. The van der Waals surface area contributed by atoms with Crippen LogP contribution in [-0.2, 0) is 4.79 Å². The van der Waals surface area contributed by atoms with E-state index >= 15 is 0 Å². The van der Waals surface area contributed by atoms with Crippen LogP contribution in [0.2, 0.25) is 0 Å². The van der Waals surface area contributed by atoms with Gasteiger partial charge in [-0.2, -0.15) is 5.26 Å². The fourth-order valence-electron chi connectivity index (χ4n) is 2.82. The first-order valence-electron chi connectivity index (χ1n) is 7.39. The van der Waals surface area contributed by atoms with Gasteiger partial charge in [-0.3, -0.25) is 4.79 Å². The van der Waals surface area contributed by atoms with Crippen molar-refractivity contribution in [1.29, 1.82) is 5.26 Å². The molecule has 0 saturated carbocycles. The quantitative estimate of drug-likeness (QED) is 0.811. The Morgan fingerprint density at radius 2 is 2.04 bits per heavy atom. The third-order valence-corrected chi connectivity index (χ3v) is 5.21. The maximum Gasteiger partial charge on any atom is 0.234 e. The van der Waals surface area contributed by atoms with Crippen molar-refractivity contribution in [3.63, 3.8) is 0 Å². The number of amides is 1. The number of carbonyl (C=O) groups excluding carboxylic acids is 1. The number of nitrogens with one attached hydrogen (secondary N) is 1. The van der Waals surface area contributed by atoms with Crippen molar-refractivity contribution >= 4 is 41.3 Å². The maximum atomic E-state index is 12.9. The second-order valence-electron chi connectivity index (χ2n) is 5.43. The number of carbonyl (C=O) groups is 1. The van der Waals surface area contributed by atoms with E-state index in [4.69, 9.17) is 0 Å². The number of thiol groups is 1. The minimum absolute atomic E-state index is 0.172. The smallest absolute Gasteiger partial charge is 0.234 e. The summed E-state index contributed by atoms with van der Waals surface area (Å²) >= 11 is 5.86. The molecule has 0 saturated heterocycles. The number of thiophene rings is 1. The number of nitrogens with zero attached hydrogens (tertiary/aromatic N) is 2. The van der Waals surface area contributed by atoms with Crippen LogP contribution >= 0.6 is 24.0 Å². The van der Waals surface area contributed by atoms with Crippen molar-refractivity contribution in [3.05, 3.63) is 63.3 Å². The molecule has 6 heteroatoms. The zero-order chi connectivity index (χ0) is 17.1. The Hall–Kier alpha value is -2.36. The van der Waals surface area contributed by atoms with Gasteiger partial charge in [-0.15, -0.1) is 24.0 Å². The number of anilines is 1. The van der Waals surface area contributed by atoms with E-state index in [1.807, 2.05) is 47.8 Å². The summed E-state index contributed by atoms with van der Waals surface area (Å²) in [5.74, 6) is -1.06. The van der Waals surface area contributed by atoms with Crippen molar-refractivity contribution < 1.29 is 4.79 Å². The Bertz CT molecular complexity index is 848. The standard InChI is InChI=1S/C18H15N3OS2/c1-11-15(17(22)21-12-6-3-2-4-7-12)16(14-8-5-9-24-14)13(10-19)18(23)20-11/h2-9,15-16,23H,1H3,(H,21,22)/t15?,16-/m0/s1. The molecule has 1 aromatic carbocycles. The molecule has 1 unspecified atom stereocenters. The molecule has 24 heavy (non-hydrogen) atoms. The van der Waals surface area contributed by atoms with E-state index in [0.29, 0.717) is 16.3 Å². The lowest BCUT2D eigenvalue weighted by molar-refractivity contribution is -0.118. The summed E-state index contributed by atoms with van der Waals surface area (Å²) in [6, 6.07) is 15.3. The molecule has 0 spiro atoms. The fourth-order valence-corrected chi connectivity index (χ4v) is 4.04. The van der Waals surface area contributed by atoms with Crippen molar-refractivity contribution in [2.24, 2.45) is 10.9 Å². The summed E-state index contributed by atoms with van der Waals surface area (Å²) in [6.45, 7) is 1.81. The SMILES string of the molecule is CC1=NC(S)=C(C#N)[C@@H](c2cccs2)C1C(=O)Nc1ccccc1. The van der Waals surface area contributed by atoms with Crippen LogP contribution in [-0.4, -0.2) is 11.6 Å². The average Bonchev–Trinajstić information content (AvgIpc) is 3.09. The predicted molar refractivity (Wildman–Crippen MR) is 100 cm³/mol. The monoisotopic (exact) mass is 353 g/mol. The highest BCUT2D eigenvalue weighted by Crippen LogP contribution is 2.41. The summed E-state index contributed by atoms with van der Waals surface area (Å²) in [4.78, 5) is 18.2. The summed E-state index contributed by atoms with van der Waals surface area (Å²) in [7, 11) is 0. The molecule has 0 fully saturated rings. The number of aliphatic imine (C=N–C) groups is 1. The van der Waals surface area contributed by atoms with Gasteiger partial charge in [-0.25, -0.2) is 4.99 Å². The number of para-hydroxylation sites is 1. The van der Waals surface area contributed by atoms with Gasteiger partial charge in [-0.05, 0) is 30.5 Å². The molecule has 1 aliphatic heterocycles. The van der Waals surface area contributed by atoms with Crippen LogP contribution in [0, 0.1) is 17.2 Å². The summed E-state index contributed by atoms with van der Waals surface area (Å²) < 4.78 is 0. The van der Waals surface area contributed by atoms with Crippen LogP contribution in [0.15, 0.2) is 63.4 Å². The van der Waals surface area contributed by atoms with E-state index in [1.165, 1.54) is 11.3 Å². The highest BCUT2D eigenvalue weighted by molar-refractivity contribution is 7.84. The lowest BCUT2D eigenvalue weighted by Crippen LogP contribution is -2.36. The molecule has 1 N–H and O–H groups in total. The molecule has 120 valence electrons. The Balaban J connectivity index is 1.99. The average molecular weight is 353 g/mol. The van der Waals surface area contributed by atoms with Crippen LogP contribution in [0.25, 0.3) is 0 Å². The molecular formula is C18H15N3OS2. The number of nitriles is 1. The molecule has 2 atom stereocenters. The van der Waals surface area contributed by atoms with Crippen molar-refractivity contribution in [1.82, 2.24) is 0 Å². The molecule has 3 rings (SSSR count). The zero-order valence-electron chi connectivity index (χ0n) is 12.9. The van der Waals surface area contributed by atoms with Crippen molar-refractivity contribution in [3.8, 4) is 6.07 Å². The molecule has 2 heterocycles. The highest BCUT2D eigenvalue weighted by atomic mass is 32.1. The van der Waals surface area contributed by atoms with Gasteiger partial charge in [0.15, 0.2) is 0 Å². The van der Waals surface area contributed by atoms with Crippen molar-refractivity contribution in [2.75, 3.05) is 5.32 Å². The Morgan fingerprint density at radius 1 is 1.29 bits per heavy atom. The van der Waals surface area contributed by atoms with Gasteiger partial charge >= 0.3 is 0 Å². The Labute approximate surface area is 150 Å². The van der Waals surface area contributed by atoms with E-state index in [9.17, 15) is 10.1 Å². The number of rotatable bonds is 3. The van der Waals surface area contributed by atoms with Gasteiger partial charge in [0.1, 0.15) is 5.03 Å². The minimum Gasteiger partial charge on any atom is -0.325 e. The maximum absolute atomic E-state index is 12.9. The number of benzene rings is 1. The van der Waals surface area contributed by atoms with Gasteiger partial charge in [0.05, 0.1) is 17.6 Å². The van der Waals surface area contributed by atoms with E-state index in [0.717, 1.165) is 10.6 Å². The summed E-state index contributed by atoms with van der Waals surface area (Å²) in [5.41, 5.74) is 1.81. The highest BCUT2D eigenvalue weighted by Gasteiger charge is 2.39. The van der Waals surface area contributed by atoms with E-state index in [-0.39, 0.29) is 11.8 Å². The van der Waals surface area contributed by atoms with Crippen LogP contribution in [0.1, 0.15) is 17.7 Å². The van der Waals surface area contributed by atoms with E-state index < -0.39 is 5.92 Å². The molecule has 1 aliphatic rings. The molecule has 0 aliphatic carbocycles. The number of hydrogen-bond acceptors (Lipinski definition) is 5. The largest absolute Gasteiger partial charge is 0.325 e. The molecule has 1 amide bonds. The van der Waals surface area contributed by atoms with Crippen molar-refractivity contribution in [2.45, 2.75) is 12.8 Å². The Morgan fingerprint density at radius 3 is 2.67 bits per heavy atom. The zero-order valence-corrected chi connectivity index (χ0v) is 14.6. The summed E-state index contributed by atoms with van der Waals surface area (Å²) in [5, 5.41) is 14.8. The third-order valence-electron chi connectivity index (χ3n) is 3.91. The van der Waals surface area contributed by atoms with Crippen LogP contribution in [0.5, 0.6) is 0 Å². The molecule has 1 aromatic heterocycles. The first-order valence-corrected chi connectivity index (χ1v) is 8.72. The van der Waals surface area contributed by atoms with Gasteiger partial charge in [-0.1, -0.05) is 24.3 Å². The molecular weight excluding hydrogens is 338 g/mol. The van der Waals surface area contributed by atoms with Crippen LogP contribution < -0.4 is 5.32 Å². The second-order valence-corrected chi connectivity index (χ2v) is 6.83. The van der Waals surface area contributed by atoms with Gasteiger partial charge in [0, 0.05) is 22.2 Å². The lowest BCUT2D eigenvalue weighted by Gasteiger charge is -2.29. The fraction of sp³-hybridized carbons (Fsp3) is 0.167. The molecule has 2 aromatic rings. The summed E-state index contributed by atoms with van der Waals surface area (Å²) in [6.07, 6.45) is 0. The Kier molecular flexibility index (Phi) is 4.84. The third kappa shape index (κ3) is 3.14. The van der Waals surface area contributed by atoms with Crippen LogP contribution in [0.3, 0.4) is 0 Å². The topological polar surface area (TPSA) is 65.2 Å². The van der Waals surface area contributed by atoms with Gasteiger partial charge in [0.25, 0.3) is 0 Å². The molecule has 0 bridgehead atoms.